The lowest BCUT2D eigenvalue weighted by molar-refractivity contribution is 0.0888. The molecule has 0 saturated carbocycles. The van der Waals surface area contributed by atoms with Gasteiger partial charge in [-0.3, -0.25) is 0 Å². The summed E-state index contributed by atoms with van der Waals surface area (Å²) in [6.45, 7) is 8.68. The quantitative estimate of drug-likeness (QED) is 0.360. The normalized spacial score (nSPS) is 13.5. The van der Waals surface area contributed by atoms with Gasteiger partial charge in [0, 0.05) is 17.2 Å². The van der Waals surface area contributed by atoms with Gasteiger partial charge in [-0.1, -0.05) is 50.3 Å². The lowest BCUT2D eigenvalue weighted by Crippen LogP contribution is -2.24. The van der Waals surface area contributed by atoms with Crippen molar-refractivity contribution >= 4 is 11.6 Å². The summed E-state index contributed by atoms with van der Waals surface area (Å²) >= 11 is 5.88. The molecule has 0 bridgehead atoms. The molecule has 0 saturated heterocycles. The minimum absolute atomic E-state index is 0.0938. The van der Waals surface area contributed by atoms with Crippen LogP contribution in [-0.4, -0.2) is 45.3 Å². The molecule has 0 aliphatic carbocycles. The van der Waals surface area contributed by atoms with Crippen LogP contribution in [0.5, 0.6) is 11.5 Å². The number of hydrogen-bond acceptors (Lipinski definition) is 5. The van der Waals surface area contributed by atoms with E-state index in [1.165, 1.54) is 16.4 Å². The van der Waals surface area contributed by atoms with Gasteiger partial charge in [0.15, 0.2) is 0 Å². The second kappa shape index (κ2) is 11.7. The molecule has 6 nitrogen and oxygen atoms in total. The maximum atomic E-state index is 12.6. The highest BCUT2D eigenvalue weighted by molar-refractivity contribution is 6.18. The number of nitrogens with zero attached hydrogens (tertiary/aromatic N) is 3. The molecule has 0 aliphatic heterocycles. The fourth-order valence-corrected chi connectivity index (χ4v) is 3.65. The van der Waals surface area contributed by atoms with Crippen LogP contribution in [0.3, 0.4) is 0 Å². The van der Waals surface area contributed by atoms with Gasteiger partial charge in [0.25, 0.3) is 0 Å². The van der Waals surface area contributed by atoms with Gasteiger partial charge in [-0.05, 0) is 41.8 Å². The van der Waals surface area contributed by atoms with Crippen LogP contribution in [0, 0.1) is 12.8 Å². The highest BCUT2D eigenvalue weighted by Crippen LogP contribution is 2.34. The molecule has 184 valence electrons. The van der Waals surface area contributed by atoms with E-state index < -0.39 is 12.8 Å². The second-order valence-corrected chi connectivity index (χ2v) is 9.54. The Morgan fingerprint density at radius 2 is 1.79 bits per heavy atom. The van der Waals surface area contributed by atoms with Crippen LogP contribution in [0.2, 0.25) is 0 Å². The third kappa shape index (κ3) is 6.70. The highest BCUT2D eigenvalue weighted by atomic mass is 35.5. The Kier molecular flexibility index (Phi) is 8.91. The second-order valence-electron chi connectivity index (χ2n) is 9.23. The monoisotopic (exact) mass is 488 g/mol. The Bertz CT molecular complexity index is 1060. The average molecular weight is 489 g/mol. The fourth-order valence-electron chi connectivity index (χ4n) is 3.56. The number of aryl methyl sites for hydroxylation is 1. The fraction of sp³-hybridized carbons (Fsp3) is 0.462. The van der Waals surface area contributed by atoms with E-state index in [0.717, 1.165) is 16.9 Å². The van der Waals surface area contributed by atoms with Gasteiger partial charge >= 0.3 is 0 Å². The van der Waals surface area contributed by atoms with E-state index in [0.29, 0.717) is 24.2 Å². The van der Waals surface area contributed by atoms with E-state index in [1.807, 2.05) is 30.3 Å². The zero-order valence-electron chi connectivity index (χ0n) is 20.2. The predicted molar refractivity (Wildman–Crippen MR) is 131 cm³/mol. The first-order valence-corrected chi connectivity index (χ1v) is 11.9. The minimum Gasteiger partial charge on any atom is -0.493 e. The SMILES string of the molecule is Cc1cc(C(C)(C)c2ccc(OC[C@H](O)Cn3cc(C[18F])nn3)cc2)ccc1OC[C@@H](C)CCl. The van der Waals surface area contributed by atoms with E-state index >= 15 is 0 Å². The Morgan fingerprint density at radius 3 is 2.41 bits per heavy atom. The number of aliphatic hydroxyl groups excluding tert-OH is 1. The Labute approximate surface area is 205 Å². The molecule has 0 amide bonds. The molecule has 1 aromatic heterocycles. The maximum absolute atomic E-state index is 12.6. The van der Waals surface area contributed by atoms with E-state index in [1.54, 1.807) is 0 Å². The first-order chi connectivity index (χ1) is 16.2. The van der Waals surface area contributed by atoms with Crippen molar-refractivity contribution in [1.29, 1.82) is 0 Å². The molecule has 34 heavy (non-hydrogen) atoms. The number of alkyl halides is 2. The van der Waals surface area contributed by atoms with Crippen LogP contribution in [0.15, 0.2) is 48.7 Å². The van der Waals surface area contributed by atoms with E-state index in [4.69, 9.17) is 21.1 Å². The third-order valence-corrected chi connectivity index (χ3v) is 6.35. The number of rotatable bonds is 12. The smallest absolute Gasteiger partial charge is 0.135 e. The third-order valence-electron chi connectivity index (χ3n) is 5.82. The van der Waals surface area contributed by atoms with E-state index in [9.17, 15) is 9.50 Å². The van der Waals surface area contributed by atoms with Gasteiger partial charge in [0.05, 0.1) is 19.3 Å². The van der Waals surface area contributed by atoms with Crippen LogP contribution in [0.1, 0.15) is 43.2 Å². The highest BCUT2D eigenvalue weighted by Gasteiger charge is 2.24. The van der Waals surface area contributed by atoms with Crippen molar-refractivity contribution in [2.45, 2.75) is 52.4 Å². The first-order valence-electron chi connectivity index (χ1n) is 11.4. The lowest BCUT2D eigenvalue weighted by Gasteiger charge is -2.27. The molecule has 0 aliphatic rings. The number of aromatic nitrogens is 3. The van der Waals surface area contributed by atoms with Gasteiger partial charge < -0.3 is 14.6 Å². The summed E-state index contributed by atoms with van der Waals surface area (Å²) in [6.07, 6.45) is 0.683. The molecule has 1 heterocycles. The van der Waals surface area contributed by atoms with Crippen LogP contribution < -0.4 is 9.47 Å². The minimum atomic E-state index is -0.790. The molecular formula is C26H33ClFN3O3. The molecule has 0 fully saturated rings. The number of hydrogen-bond donors (Lipinski definition) is 1. The van der Waals surface area contributed by atoms with Crippen molar-refractivity contribution < 1.29 is 19.0 Å². The van der Waals surface area contributed by atoms with E-state index in [-0.39, 0.29) is 24.3 Å². The zero-order valence-corrected chi connectivity index (χ0v) is 20.9. The van der Waals surface area contributed by atoms with Gasteiger partial charge in [-0.25, -0.2) is 9.07 Å². The summed E-state index contributed by atoms with van der Waals surface area (Å²) < 4.78 is 25.6. The van der Waals surface area contributed by atoms with Crippen LogP contribution in [-0.2, 0) is 18.6 Å². The Hall–Kier alpha value is -2.64. The summed E-state index contributed by atoms with van der Waals surface area (Å²) in [6, 6.07) is 14.2. The predicted octanol–water partition coefficient (Wildman–Crippen LogP) is 5.08. The van der Waals surface area contributed by atoms with E-state index in [2.05, 4.69) is 50.1 Å². The summed E-state index contributed by atoms with van der Waals surface area (Å²) in [7, 11) is 0. The average Bonchev–Trinajstić information content (AvgIpc) is 3.29. The Morgan fingerprint density at radius 1 is 1.09 bits per heavy atom. The van der Waals surface area contributed by atoms with Gasteiger partial charge in [-0.15, -0.1) is 16.7 Å². The largest absolute Gasteiger partial charge is 0.493 e. The van der Waals surface area contributed by atoms with Gasteiger partial charge in [0.2, 0.25) is 0 Å². The van der Waals surface area contributed by atoms with Crippen molar-refractivity contribution in [3.8, 4) is 11.5 Å². The van der Waals surface area contributed by atoms with Crippen molar-refractivity contribution in [3.63, 3.8) is 0 Å². The summed E-state index contributed by atoms with van der Waals surface area (Å²) in [5.74, 6) is 2.42. The molecule has 3 aromatic rings. The van der Waals surface area contributed by atoms with Crippen molar-refractivity contribution in [2.24, 2.45) is 5.92 Å². The van der Waals surface area contributed by atoms with Crippen LogP contribution in [0.25, 0.3) is 0 Å². The van der Waals surface area contributed by atoms with Crippen molar-refractivity contribution in [1.82, 2.24) is 15.0 Å². The molecule has 0 unspecified atom stereocenters. The summed E-state index contributed by atoms with van der Waals surface area (Å²) in [4.78, 5) is 0. The molecule has 3 rings (SSSR count). The molecule has 2 aromatic carbocycles. The van der Waals surface area contributed by atoms with Gasteiger partial charge in [-0.2, -0.15) is 0 Å². The van der Waals surface area contributed by atoms with Crippen molar-refractivity contribution in [3.05, 3.63) is 71.0 Å². The molecule has 8 heteroatoms. The Balaban J connectivity index is 1.59. The number of halogens is 2. The summed E-state index contributed by atoms with van der Waals surface area (Å²) in [5, 5.41) is 17.6. The maximum Gasteiger partial charge on any atom is 0.135 e. The van der Waals surface area contributed by atoms with Gasteiger partial charge in [0.1, 0.15) is 36.6 Å². The molecular weight excluding hydrogens is 456 g/mol. The number of aliphatic hydroxyl groups is 1. The van der Waals surface area contributed by atoms with Crippen LogP contribution in [0.4, 0.5) is 4.39 Å². The van der Waals surface area contributed by atoms with Crippen molar-refractivity contribution in [2.75, 3.05) is 19.1 Å². The molecule has 2 atom stereocenters. The molecule has 1 N–H and O–H groups in total. The number of benzene rings is 2. The van der Waals surface area contributed by atoms with Crippen LogP contribution >= 0.6 is 11.6 Å². The number of ether oxygens (including phenoxy) is 2. The topological polar surface area (TPSA) is 69.4 Å². The summed E-state index contributed by atoms with van der Waals surface area (Å²) in [5.41, 5.74) is 3.45. The molecule has 0 radical (unpaired) electrons. The standard InChI is InChI=1S/C26H33ClFN3O3/c1-18(12-27)16-34-25-10-7-21(11-19(25)2)26(3,4)20-5-8-24(9-6-20)33-17-23(32)15-31-14-22(13-28)29-30-31/h5-11,14,18,23,32H,12-13,15-17H2,1-4H3/t18-,23+/m0/s1/i28-1. The first kappa shape index (κ1) is 26.0. The molecule has 0 spiro atoms. The lowest BCUT2D eigenvalue weighted by atomic mass is 9.77. The zero-order chi connectivity index (χ0) is 24.7.